The van der Waals surface area contributed by atoms with Gasteiger partial charge in [0.05, 0.1) is 18.5 Å². The molecule has 0 saturated heterocycles. The van der Waals surface area contributed by atoms with Crippen LogP contribution in [-0.2, 0) is 19.6 Å². The monoisotopic (exact) mass is 301 g/mol. The highest BCUT2D eigenvalue weighted by atomic mass is 32.2. The molecule has 0 aliphatic carbocycles. The number of rotatable bonds is 8. The first-order chi connectivity index (χ1) is 9.32. The fourth-order valence-corrected chi connectivity index (χ4v) is 2.57. The van der Waals surface area contributed by atoms with Crippen LogP contribution >= 0.6 is 0 Å². The third kappa shape index (κ3) is 5.68. The summed E-state index contributed by atoms with van der Waals surface area (Å²) in [5, 5.41) is 9.15. The molecule has 112 valence electrons. The van der Waals surface area contributed by atoms with Crippen LogP contribution in [-0.4, -0.2) is 38.0 Å². The van der Waals surface area contributed by atoms with Gasteiger partial charge < -0.3 is 9.84 Å². The number of hydrogen-bond donors (Lipinski definition) is 2. The fraction of sp³-hybridized carbons (Fsp3) is 0.462. The van der Waals surface area contributed by atoms with E-state index in [1.54, 1.807) is 44.2 Å². The molecule has 0 saturated carbocycles. The van der Waals surface area contributed by atoms with E-state index in [0.29, 0.717) is 5.56 Å². The Morgan fingerprint density at radius 1 is 1.30 bits per heavy atom. The summed E-state index contributed by atoms with van der Waals surface area (Å²) < 4.78 is 31.0. The molecule has 1 aromatic rings. The number of carbonyl (C=O) groups is 1. The Hall–Kier alpha value is -1.44. The molecule has 6 nitrogen and oxygen atoms in total. The van der Waals surface area contributed by atoms with E-state index in [0.717, 1.165) is 0 Å². The lowest BCUT2D eigenvalue weighted by atomic mass is 10.1. The van der Waals surface area contributed by atoms with E-state index in [1.165, 1.54) is 0 Å². The lowest BCUT2D eigenvalue weighted by molar-refractivity contribution is -0.139. The topological polar surface area (TPSA) is 92.7 Å². The number of carboxylic acid groups (broad SMARTS) is 1. The van der Waals surface area contributed by atoms with Crippen molar-refractivity contribution in [1.82, 2.24) is 4.72 Å². The third-order valence-electron chi connectivity index (χ3n) is 2.48. The van der Waals surface area contributed by atoms with Crippen LogP contribution in [0.5, 0.6) is 0 Å². The number of nitrogens with one attached hydrogen (secondary N) is 1. The quantitative estimate of drug-likeness (QED) is 0.751. The first kappa shape index (κ1) is 16.6. The smallest absolute Gasteiger partial charge is 0.326 e. The largest absolute Gasteiger partial charge is 0.480 e. The van der Waals surface area contributed by atoms with E-state index in [1.807, 2.05) is 0 Å². The summed E-state index contributed by atoms with van der Waals surface area (Å²) in [6, 6.07) is 6.87. The Labute approximate surface area is 118 Å². The Kier molecular flexibility index (Phi) is 6.12. The van der Waals surface area contributed by atoms with E-state index in [-0.39, 0.29) is 18.5 Å². The Bertz CT molecular complexity index is 527. The zero-order valence-corrected chi connectivity index (χ0v) is 12.3. The maximum Gasteiger partial charge on any atom is 0.326 e. The van der Waals surface area contributed by atoms with Gasteiger partial charge in [0.15, 0.2) is 0 Å². The minimum Gasteiger partial charge on any atom is -0.480 e. The van der Waals surface area contributed by atoms with Crippen LogP contribution in [0.1, 0.15) is 25.5 Å². The van der Waals surface area contributed by atoms with Crippen LogP contribution in [0.3, 0.4) is 0 Å². The molecule has 0 bridgehead atoms. The van der Waals surface area contributed by atoms with E-state index in [2.05, 4.69) is 4.72 Å². The van der Waals surface area contributed by atoms with Crippen molar-refractivity contribution in [2.45, 2.75) is 26.0 Å². The summed E-state index contributed by atoms with van der Waals surface area (Å²) in [7, 11) is -3.73. The number of ether oxygens (including phenoxy) is 1. The highest BCUT2D eigenvalue weighted by molar-refractivity contribution is 7.89. The van der Waals surface area contributed by atoms with Crippen molar-refractivity contribution in [3.63, 3.8) is 0 Å². The molecular weight excluding hydrogens is 282 g/mol. The zero-order valence-electron chi connectivity index (χ0n) is 11.4. The second kappa shape index (κ2) is 7.37. The molecule has 0 aromatic heterocycles. The molecule has 7 heteroatoms. The maximum absolute atomic E-state index is 11.8. The SMILES string of the molecule is CC(C)OCCS(=O)(=O)N[C@H](C(=O)O)c1ccccc1. The first-order valence-electron chi connectivity index (χ1n) is 6.21. The van der Waals surface area contributed by atoms with Crippen LogP contribution < -0.4 is 4.72 Å². The van der Waals surface area contributed by atoms with Crippen molar-refractivity contribution in [3.05, 3.63) is 35.9 Å². The zero-order chi connectivity index (χ0) is 15.2. The third-order valence-corrected chi connectivity index (χ3v) is 3.78. The average Bonchev–Trinajstić information content (AvgIpc) is 2.36. The number of sulfonamides is 1. The van der Waals surface area contributed by atoms with Crippen molar-refractivity contribution in [2.75, 3.05) is 12.4 Å². The number of aliphatic carboxylic acids is 1. The molecule has 0 aliphatic heterocycles. The molecule has 20 heavy (non-hydrogen) atoms. The molecular formula is C13H19NO5S. The van der Waals surface area contributed by atoms with Crippen LogP contribution in [0.4, 0.5) is 0 Å². The molecule has 0 unspecified atom stereocenters. The number of benzene rings is 1. The van der Waals surface area contributed by atoms with Gasteiger partial charge in [0.25, 0.3) is 0 Å². The van der Waals surface area contributed by atoms with Crippen molar-refractivity contribution in [3.8, 4) is 0 Å². The predicted molar refractivity (Wildman–Crippen MR) is 74.8 cm³/mol. The summed E-state index contributed by atoms with van der Waals surface area (Å²) in [6.45, 7) is 3.61. The Balaban J connectivity index is 2.73. The van der Waals surface area contributed by atoms with E-state index in [9.17, 15) is 13.2 Å². The molecule has 2 N–H and O–H groups in total. The molecule has 1 aromatic carbocycles. The van der Waals surface area contributed by atoms with Crippen molar-refractivity contribution in [2.24, 2.45) is 0 Å². The molecule has 0 aliphatic rings. The molecule has 0 radical (unpaired) electrons. The van der Waals surface area contributed by atoms with Crippen molar-refractivity contribution >= 4 is 16.0 Å². The van der Waals surface area contributed by atoms with Gasteiger partial charge in [-0.1, -0.05) is 30.3 Å². The predicted octanol–water partition coefficient (Wildman–Crippen LogP) is 1.16. The van der Waals surface area contributed by atoms with Gasteiger partial charge >= 0.3 is 5.97 Å². The van der Waals surface area contributed by atoms with E-state index >= 15 is 0 Å². The molecule has 0 spiro atoms. The number of carboxylic acids is 1. The van der Waals surface area contributed by atoms with Gasteiger partial charge in [-0.15, -0.1) is 0 Å². The second-order valence-corrected chi connectivity index (χ2v) is 6.41. The lowest BCUT2D eigenvalue weighted by Crippen LogP contribution is -2.36. The lowest BCUT2D eigenvalue weighted by Gasteiger charge is -2.15. The minimum absolute atomic E-state index is 0.0220. The van der Waals surface area contributed by atoms with Gasteiger partial charge in [0.2, 0.25) is 10.0 Å². The Morgan fingerprint density at radius 2 is 1.90 bits per heavy atom. The number of hydrogen-bond acceptors (Lipinski definition) is 4. The molecule has 0 fully saturated rings. The van der Waals surface area contributed by atoms with Gasteiger partial charge in [0, 0.05) is 0 Å². The molecule has 0 amide bonds. The van der Waals surface area contributed by atoms with Crippen molar-refractivity contribution < 1.29 is 23.1 Å². The summed E-state index contributed by atoms with van der Waals surface area (Å²) >= 11 is 0. The summed E-state index contributed by atoms with van der Waals surface area (Å²) in [6.07, 6.45) is -0.0744. The minimum atomic E-state index is -3.73. The highest BCUT2D eigenvalue weighted by Gasteiger charge is 2.25. The maximum atomic E-state index is 11.8. The van der Waals surface area contributed by atoms with Crippen LogP contribution in [0.15, 0.2) is 30.3 Å². The second-order valence-electron chi connectivity index (χ2n) is 4.54. The van der Waals surface area contributed by atoms with Crippen molar-refractivity contribution in [1.29, 1.82) is 0 Å². The van der Waals surface area contributed by atoms with Gasteiger partial charge in [-0.2, -0.15) is 4.72 Å². The summed E-state index contributed by atoms with van der Waals surface area (Å²) in [5.74, 6) is -1.52. The summed E-state index contributed by atoms with van der Waals surface area (Å²) in [5.41, 5.74) is 0.383. The van der Waals surface area contributed by atoms with Gasteiger partial charge in [-0.3, -0.25) is 4.79 Å². The molecule has 0 heterocycles. The first-order valence-corrected chi connectivity index (χ1v) is 7.86. The van der Waals surface area contributed by atoms with E-state index < -0.39 is 22.0 Å². The van der Waals surface area contributed by atoms with Gasteiger partial charge in [-0.25, -0.2) is 8.42 Å². The van der Waals surface area contributed by atoms with Gasteiger partial charge in [0.1, 0.15) is 6.04 Å². The normalized spacial score (nSPS) is 13.3. The van der Waals surface area contributed by atoms with Crippen LogP contribution in [0.2, 0.25) is 0 Å². The highest BCUT2D eigenvalue weighted by Crippen LogP contribution is 2.14. The molecule has 1 atom stereocenters. The van der Waals surface area contributed by atoms with Gasteiger partial charge in [-0.05, 0) is 19.4 Å². The Morgan fingerprint density at radius 3 is 2.40 bits per heavy atom. The molecule has 1 rings (SSSR count). The fourth-order valence-electron chi connectivity index (χ4n) is 1.54. The van der Waals surface area contributed by atoms with Crippen LogP contribution in [0.25, 0.3) is 0 Å². The van der Waals surface area contributed by atoms with E-state index in [4.69, 9.17) is 9.84 Å². The van der Waals surface area contributed by atoms with Crippen LogP contribution in [0, 0.1) is 0 Å². The average molecular weight is 301 g/mol. The standard InChI is InChI=1S/C13H19NO5S/c1-10(2)19-8-9-20(17,18)14-12(13(15)16)11-6-4-3-5-7-11/h3-7,10,12,14H,8-9H2,1-2H3,(H,15,16)/t12-/m0/s1. The summed E-state index contributed by atoms with van der Waals surface area (Å²) in [4.78, 5) is 11.2.